The summed E-state index contributed by atoms with van der Waals surface area (Å²) in [5.41, 5.74) is 0. The number of rotatable bonds is 7. The van der Waals surface area contributed by atoms with E-state index < -0.39 is 33.6 Å². The van der Waals surface area contributed by atoms with E-state index in [1.807, 2.05) is 4.90 Å². The molecule has 1 aliphatic heterocycles. The van der Waals surface area contributed by atoms with Crippen molar-refractivity contribution >= 4 is 9.84 Å². The van der Waals surface area contributed by atoms with Crippen LogP contribution in [0.25, 0.3) is 0 Å². The standard InChI is InChI=1S/C19H20FN3O6S/c20-12-1-5-16(6-2-12)30(26,27)11-18-21-19(29-22-18)17-7-13(25)8-23(17)9-14-3-4-15(10-24)28-14/h1-6,13,17,24-25H,7-11H2/t13-,17+/m1/s1. The lowest BCUT2D eigenvalue weighted by Crippen LogP contribution is -2.24. The van der Waals surface area contributed by atoms with Crippen LogP contribution in [-0.2, 0) is 28.7 Å². The first-order valence-electron chi connectivity index (χ1n) is 9.25. The number of likely N-dealkylation sites (tertiary alicyclic amines) is 1. The number of aliphatic hydroxyl groups excluding tert-OH is 2. The molecule has 0 saturated carbocycles. The molecule has 3 aromatic rings. The summed E-state index contributed by atoms with van der Waals surface area (Å²) in [6, 6.07) is 7.52. The van der Waals surface area contributed by atoms with E-state index in [9.17, 15) is 17.9 Å². The van der Waals surface area contributed by atoms with Gasteiger partial charge in [-0.25, -0.2) is 12.8 Å². The van der Waals surface area contributed by atoms with E-state index in [2.05, 4.69) is 10.1 Å². The van der Waals surface area contributed by atoms with Gasteiger partial charge in [-0.15, -0.1) is 0 Å². The average molecular weight is 437 g/mol. The van der Waals surface area contributed by atoms with E-state index in [-0.39, 0.29) is 23.2 Å². The van der Waals surface area contributed by atoms with Crippen LogP contribution in [-0.4, -0.2) is 46.3 Å². The molecular weight excluding hydrogens is 417 g/mol. The molecule has 1 aromatic carbocycles. The second kappa shape index (κ2) is 8.26. The Hall–Kier alpha value is -2.60. The molecule has 0 amide bonds. The summed E-state index contributed by atoms with van der Waals surface area (Å²) in [6.45, 7) is 0.500. The van der Waals surface area contributed by atoms with Gasteiger partial charge < -0.3 is 19.2 Å². The van der Waals surface area contributed by atoms with Gasteiger partial charge in [0.2, 0.25) is 5.89 Å². The number of benzene rings is 1. The van der Waals surface area contributed by atoms with E-state index >= 15 is 0 Å². The van der Waals surface area contributed by atoms with Gasteiger partial charge in [-0.05, 0) is 42.8 Å². The molecule has 2 aromatic heterocycles. The molecule has 1 saturated heterocycles. The summed E-state index contributed by atoms with van der Waals surface area (Å²) in [5.74, 6) is 0.207. The van der Waals surface area contributed by atoms with Crippen molar-refractivity contribution in [1.82, 2.24) is 15.0 Å². The number of β-amino-alcohol motifs (C(OH)–C–C–N with tert-alkyl or cyclic N) is 1. The van der Waals surface area contributed by atoms with Crippen LogP contribution in [0.1, 0.15) is 35.7 Å². The highest BCUT2D eigenvalue weighted by Crippen LogP contribution is 2.33. The third-order valence-electron chi connectivity index (χ3n) is 4.87. The van der Waals surface area contributed by atoms with Crippen LogP contribution in [0.3, 0.4) is 0 Å². The summed E-state index contributed by atoms with van der Waals surface area (Å²) in [7, 11) is -3.77. The Balaban J connectivity index is 1.49. The third-order valence-corrected chi connectivity index (χ3v) is 6.50. The van der Waals surface area contributed by atoms with Crippen LogP contribution >= 0.6 is 0 Å². The summed E-state index contributed by atoms with van der Waals surface area (Å²) < 4.78 is 48.8. The molecule has 9 nitrogen and oxygen atoms in total. The molecule has 4 rings (SSSR count). The second-order valence-corrected chi connectivity index (χ2v) is 9.11. The number of hydrogen-bond donors (Lipinski definition) is 2. The van der Waals surface area contributed by atoms with Crippen molar-refractivity contribution in [2.45, 2.75) is 42.4 Å². The van der Waals surface area contributed by atoms with Crippen LogP contribution in [0.5, 0.6) is 0 Å². The highest BCUT2D eigenvalue weighted by atomic mass is 32.2. The van der Waals surface area contributed by atoms with Gasteiger partial charge in [0.15, 0.2) is 15.7 Å². The topological polar surface area (TPSA) is 130 Å². The predicted molar refractivity (Wildman–Crippen MR) is 100.0 cm³/mol. The average Bonchev–Trinajstić information content (AvgIpc) is 3.42. The highest BCUT2D eigenvalue weighted by Gasteiger charge is 2.36. The number of sulfone groups is 1. The van der Waals surface area contributed by atoms with Crippen LogP contribution < -0.4 is 0 Å². The zero-order valence-corrected chi connectivity index (χ0v) is 16.6. The lowest BCUT2D eigenvalue weighted by molar-refractivity contribution is 0.160. The lowest BCUT2D eigenvalue weighted by atomic mass is 10.2. The molecule has 30 heavy (non-hydrogen) atoms. The van der Waals surface area contributed by atoms with Gasteiger partial charge in [-0.1, -0.05) is 5.16 Å². The Kier molecular flexibility index (Phi) is 5.69. The maximum Gasteiger partial charge on any atom is 0.244 e. The fraction of sp³-hybridized carbons (Fsp3) is 0.368. The molecule has 3 heterocycles. The molecule has 1 aliphatic rings. The van der Waals surface area contributed by atoms with Gasteiger partial charge in [0.1, 0.15) is 29.7 Å². The summed E-state index contributed by atoms with van der Waals surface area (Å²) in [5, 5.41) is 23.0. The van der Waals surface area contributed by atoms with E-state index in [4.69, 9.17) is 14.0 Å². The maximum atomic E-state index is 13.0. The van der Waals surface area contributed by atoms with Crippen LogP contribution in [0.4, 0.5) is 4.39 Å². The summed E-state index contributed by atoms with van der Waals surface area (Å²) in [4.78, 5) is 6.06. The molecule has 160 valence electrons. The summed E-state index contributed by atoms with van der Waals surface area (Å²) in [6.07, 6.45) is -0.263. The van der Waals surface area contributed by atoms with Crippen molar-refractivity contribution in [3.8, 4) is 0 Å². The smallest absolute Gasteiger partial charge is 0.244 e. The first kappa shape index (κ1) is 20.7. The number of halogens is 1. The van der Waals surface area contributed by atoms with Crippen molar-refractivity contribution in [1.29, 1.82) is 0 Å². The molecule has 0 spiro atoms. The minimum Gasteiger partial charge on any atom is -0.462 e. The molecule has 2 N–H and O–H groups in total. The normalized spacial score (nSPS) is 20.1. The molecule has 0 bridgehead atoms. The Morgan fingerprint density at radius 3 is 2.60 bits per heavy atom. The van der Waals surface area contributed by atoms with E-state index in [0.29, 0.717) is 31.0 Å². The predicted octanol–water partition coefficient (Wildman–Crippen LogP) is 1.58. The van der Waals surface area contributed by atoms with Crippen molar-refractivity contribution in [3.63, 3.8) is 0 Å². The molecule has 11 heteroatoms. The summed E-state index contributed by atoms with van der Waals surface area (Å²) >= 11 is 0. The van der Waals surface area contributed by atoms with Crippen LogP contribution in [0.2, 0.25) is 0 Å². The molecule has 0 radical (unpaired) electrons. The number of aromatic nitrogens is 2. The quantitative estimate of drug-likeness (QED) is 0.529. The SMILES string of the molecule is O=S(=O)(Cc1noc([C@@H]2C[C@@H](O)CN2Cc2ccc(CO)o2)n1)c1ccc(F)cc1. The largest absolute Gasteiger partial charge is 0.462 e. The minimum absolute atomic E-state index is 0.0174. The van der Waals surface area contributed by atoms with E-state index in [1.165, 1.54) is 12.1 Å². The van der Waals surface area contributed by atoms with Gasteiger partial charge >= 0.3 is 0 Å². The Morgan fingerprint density at radius 2 is 1.90 bits per heavy atom. The molecular formula is C19H20FN3O6S. The van der Waals surface area contributed by atoms with E-state index in [0.717, 1.165) is 12.1 Å². The zero-order valence-electron chi connectivity index (χ0n) is 15.8. The first-order valence-corrected chi connectivity index (χ1v) is 10.9. The molecule has 1 fully saturated rings. The van der Waals surface area contributed by atoms with Gasteiger partial charge in [-0.2, -0.15) is 4.98 Å². The number of aliphatic hydroxyl groups is 2. The lowest BCUT2D eigenvalue weighted by Gasteiger charge is -2.19. The van der Waals surface area contributed by atoms with Crippen LogP contribution in [0, 0.1) is 5.82 Å². The molecule has 2 atom stereocenters. The first-order chi connectivity index (χ1) is 14.3. The maximum absolute atomic E-state index is 13.0. The molecule has 0 unspecified atom stereocenters. The Labute approximate surface area is 171 Å². The zero-order chi connectivity index (χ0) is 21.3. The fourth-order valence-electron chi connectivity index (χ4n) is 3.46. The second-order valence-electron chi connectivity index (χ2n) is 7.12. The van der Waals surface area contributed by atoms with E-state index in [1.54, 1.807) is 12.1 Å². The number of furan rings is 1. The van der Waals surface area contributed by atoms with Crippen molar-refractivity contribution in [2.75, 3.05) is 6.54 Å². The van der Waals surface area contributed by atoms with Gasteiger partial charge in [0.25, 0.3) is 0 Å². The van der Waals surface area contributed by atoms with Gasteiger partial charge in [0.05, 0.1) is 23.6 Å². The van der Waals surface area contributed by atoms with Crippen molar-refractivity contribution < 1.29 is 32.0 Å². The number of nitrogens with zero attached hydrogens (tertiary/aromatic N) is 3. The monoisotopic (exact) mass is 437 g/mol. The van der Waals surface area contributed by atoms with Crippen molar-refractivity contribution in [2.24, 2.45) is 0 Å². The Morgan fingerprint density at radius 1 is 1.17 bits per heavy atom. The number of hydrogen-bond acceptors (Lipinski definition) is 9. The molecule has 0 aliphatic carbocycles. The fourth-order valence-corrected chi connectivity index (χ4v) is 4.63. The highest BCUT2D eigenvalue weighted by molar-refractivity contribution is 7.90. The Bertz CT molecular complexity index is 1110. The van der Waals surface area contributed by atoms with Crippen LogP contribution in [0.15, 0.2) is 50.2 Å². The third kappa shape index (κ3) is 4.43. The van der Waals surface area contributed by atoms with Gasteiger partial charge in [0, 0.05) is 6.54 Å². The van der Waals surface area contributed by atoms with Gasteiger partial charge in [-0.3, -0.25) is 4.90 Å². The minimum atomic E-state index is -3.77. The van der Waals surface area contributed by atoms with Crippen molar-refractivity contribution in [3.05, 3.63) is 65.5 Å².